The lowest BCUT2D eigenvalue weighted by atomic mass is 9.95. The molecule has 2 aromatic carbocycles. The highest BCUT2D eigenvalue weighted by molar-refractivity contribution is 5.87. The molecule has 3 rings (SSSR count). The number of hydrogen-bond donors (Lipinski definition) is 1. The smallest absolute Gasteiger partial charge is 0.124 e. The van der Waals surface area contributed by atoms with Gasteiger partial charge in [0.1, 0.15) is 12.4 Å². The summed E-state index contributed by atoms with van der Waals surface area (Å²) in [6, 6.07) is 13.4. The third kappa shape index (κ3) is 4.24. The molecule has 0 heterocycles. The maximum absolute atomic E-state index is 5.96. The summed E-state index contributed by atoms with van der Waals surface area (Å²) in [5, 5.41) is 6.30. The molecule has 0 radical (unpaired) electrons. The molecule has 23 heavy (non-hydrogen) atoms. The molecule has 0 atom stereocenters. The Morgan fingerprint density at radius 1 is 1.00 bits per heavy atom. The number of ether oxygens (including phenoxy) is 2. The number of nitrogens with one attached hydrogen (secondary N) is 1. The van der Waals surface area contributed by atoms with Crippen LogP contribution in [-0.2, 0) is 11.3 Å². The summed E-state index contributed by atoms with van der Waals surface area (Å²) >= 11 is 0. The molecule has 0 spiro atoms. The van der Waals surface area contributed by atoms with Gasteiger partial charge in [-0.15, -0.1) is 0 Å². The molecule has 0 aromatic heterocycles. The summed E-state index contributed by atoms with van der Waals surface area (Å²) in [5.74, 6) is 0.976. The van der Waals surface area contributed by atoms with Gasteiger partial charge in [0.15, 0.2) is 0 Å². The third-order valence-corrected chi connectivity index (χ3v) is 4.72. The van der Waals surface area contributed by atoms with Crippen LogP contribution in [0.15, 0.2) is 36.4 Å². The van der Waals surface area contributed by atoms with E-state index in [4.69, 9.17) is 9.47 Å². The van der Waals surface area contributed by atoms with Crippen molar-refractivity contribution in [3.63, 3.8) is 0 Å². The number of rotatable bonds is 7. The molecule has 0 bridgehead atoms. The van der Waals surface area contributed by atoms with Gasteiger partial charge in [-0.3, -0.25) is 0 Å². The average Bonchev–Trinajstić information content (AvgIpc) is 2.61. The van der Waals surface area contributed by atoms with Crippen LogP contribution >= 0.6 is 0 Å². The lowest BCUT2D eigenvalue weighted by Gasteiger charge is -2.24. The van der Waals surface area contributed by atoms with Crippen LogP contribution in [0.3, 0.4) is 0 Å². The molecule has 1 saturated carbocycles. The van der Waals surface area contributed by atoms with Crippen LogP contribution in [0.5, 0.6) is 5.75 Å². The Hall–Kier alpha value is -1.58. The van der Waals surface area contributed by atoms with Crippen LogP contribution in [-0.4, -0.2) is 26.4 Å². The van der Waals surface area contributed by atoms with Gasteiger partial charge in [0.05, 0.1) is 6.61 Å². The quantitative estimate of drug-likeness (QED) is 0.774. The van der Waals surface area contributed by atoms with Crippen LogP contribution in [0, 0.1) is 0 Å². The molecule has 0 aliphatic heterocycles. The number of hydrogen-bond acceptors (Lipinski definition) is 3. The second kappa shape index (κ2) is 8.32. The monoisotopic (exact) mass is 313 g/mol. The van der Waals surface area contributed by atoms with Gasteiger partial charge in [0, 0.05) is 25.3 Å². The normalized spacial score (nSPS) is 15.9. The lowest BCUT2D eigenvalue weighted by molar-refractivity contribution is 0.145. The van der Waals surface area contributed by atoms with Crippen molar-refractivity contribution in [2.24, 2.45) is 0 Å². The van der Waals surface area contributed by atoms with Gasteiger partial charge in [-0.05, 0) is 29.7 Å². The van der Waals surface area contributed by atoms with Crippen molar-refractivity contribution < 1.29 is 9.47 Å². The predicted molar refractivity (Wildman–Crippen MR) is 95.0 cm³/mol. The average molecular weight is 313 g/mol. The Morgan fingerprint density at radius 3 is 2.65 bits per heavy atom. The molecule has 1 N–H and O–H groups in total. The largest absolute Gasteiger partial charge is 0.491 e. The first-order valence-corrected chi connectivity index (χ1v) is 8.74. The SMILES string of the molecule is COCCOc1ccc2ccccc2c1CNC1CCCCC1. The zero-order valence-corrected chi connectivity index (χ0v) is 14.0. The van der Waals surface area contributed by atoms with E-state index in [0.29, 0.717) is 19.3 Å². The van der Waals surface area contributed by atoms with E-state index in [0.717, 1.165) is 12.3 Å². The van der Waals surface area contributed by atoms with Crippen molar-refractivity contribution in [1.82, 2.24) is 5.32 Å². The zero-order valence-electron chi connectivity index (χ0n) is 14.0. The molecule has 0 unspecified atom stereocenters. The van der Waals surface area contributed by atoms with E-state index in [1.165, 1.54) is 48.4 Å². The Bertz CT molecular complexity index is 620. The standard InChI is InChI=1S/C20H27NO2/c1-22-13-14-23-20-12-11-16-7-5-6-10-18(16)19(20)15-21-17-8-3-2-4-9-17/h5-7,10-12,17,21H,2-4,8-9,13-15H2,1H3. The number of benzene rings is 2. The fourth-order valence-electron chi connectivity index (χ4n) is 3.42. The van der Waals surface area contributed by atoms with Crippen molar-refractivity contribution in [1.29, 1.82) is 0 Å². The summed E-state index contributed by atoms with van der Waals surface area (Å²) in [4.78, 5) is 0. The Balaban J connectivity index is 1.79. The maximum atomic E-state index is 5.96. The van der Waals surface area contributed by atoms with E-state index in [1.54, 1.807) is 7.11 Å². The molecular weight excluding hydrogens is 286 g/mol. The number of fused-ring (bicyclic) bond motifs is 1. The molecule has 0 saturated heterocycles. The first-order valence-electron chi connectivity index (χ1n) is 8.74. The molecule has 124 valence electrons. The molecule has 0 amide bonds. The van der Waals surface area contributed by atoms with Gasteiger partial charge < -0.3 is 14.8 Å². The minimum absolute atomic E-state index is 0.589. The predicted octanol–water partition coefficient (Wildman–Crippen LogP) is 4.29. The van der Waals surface area contributed by atoms with E-state index >= 15 is 0 Å². The van der Waals surface area contributed by atoms with Gasteiger partial charge in [-0.1, -0.05) is 49.6 Å². The Kier molecular flexibility index (Phi) is 5.89. The van der Waals surface area contributed by atoms with Crippen LogP contribution in [0.1, 0.15) is 37.7 Å². The third-order valence-electron chi connectivity index (χ3n) is 4.72. The van der Waals surface area contributed by atoms with E-state index in [9.17, 15) is 0 Å². The summed E-state index contributed by atoms with van der Waals surface area (Å²) in [6.45, 7) is 2.07. The van der Waals surface area contributed by atoms with Crippen molar-refractivity contribution in [3.05, 3.63) is 42.0 Å². The van der Waals surface area contributed by atoms with Crippen molar-refractivity contribution in [2.75, 3.05) is 20.3 Å². The van der Waals surface area contributed by atoms with E-state index in [2.05, 4.69) is 41.7 Å². The first-order chi connectivity index (χ1) is 11.4. The van der Waals surface area contributed by atoms with Crippen LogP contribution in [0.25, 0.3) is 10.8 Å². The van der Waals surface area contributed by atoms with Gasteiger partial charge in [0.2, 0.25) is 0 Å². The molecule has 3 nitrogen and oxygen atoms in total. The van der Waals surface area contributed by atoms with Gasteiger partial charge >= 0.3 is 0 Å². The van der Waals surface area contributed by atoms with Crippen molar-refractivity contribution in [3.8, 4) is 5.75 Å². The topological polar surface area (TPSA) is 30.5 Å². The minimum atomic E-state index is 0.589. The fraction of sp³-hybridized carbons (Fsp3) is 0.500. The van der Waals surface area contributed by atoms with E-state index in [1.807, 2.05) is 0 Å². The second-order valence-corrected chi connectivity index (χ2v) is 6.32. The Morgan fingerprint density at radius 2 is 1.83 bits per heavy atom. The summed E-state index contributed by atoms with van der Waals surface area (Å²) < 4.78 is 11.1. The molecule has 1 aliphatic carbocycles. The summed E-state index contributed by atoms with van der Waals surface area (Å²) in [5.41, 5.74) is 1.27. The van der Waals surface area contributed by atoms with Crippen LogP contribution in [0.2, 0.25) is 0 Å². The minimum Gasteiger partial charge on any atom is -0.491 e. The van der Waals surface area contributed by atoms with Gasteiger partial charge in [-0.2, -0.15) is 0 Å². The Labute approximate surface area is 139 Å². The van der Waals surface area contributed by atoms with Crippen LogP contribution in [0.4, 0.5) is 0 Å². The molecule has 2 aromatic rings. The highest BCUT2D eigenvalue weighted by Gasteiger charge is 2.15. The van der Waals surface area contributed by atoms with E-state index < -0.39 is 0 Å². The lowest BCUT2D eigenvalue weighted by Crippen LogP contribution is -2.30. The highest BCUT2D eigenvalue weighted by Crippen LogP contribution is 2.29. The second-order valence-electron chi connectivity index (χ2n) is 6.32. The highest BCUT2D eigenvalue weighted by atomic mass is 16.5. The van der Waals surface area contributed by atoms with Gasteiger partial charge in [-0.25, -0.2) is 0 Å². The zero-order chi connectivity index (χ0) is 15.9. The first kappa shape index (κ1) is 16.3. The van der Waals surface area contributed by atoms with Crippen molar-refractivity contribution in [2.45, 2.75) is 44.7 Å². The summed E-state index contributed by atoms with van der Waals surface area (Å²) in [6.07, 6.45) is 6.68. The molecule has 1 fully saturated rings. The van der Waals surface area contributed by atoms with Crippen molar-refractivity contribution >= 4 is 10.8 Å². The van der Waals surface area contributed by atoms with E-state index in [-0.39, 0.29) is 0 Å². The van der Waals surface area contributed by atoms with Gasteiger partial charge in [0.25, 0.3) is 0 Å². The molecule has 1 aliphatic rings. The maximum Gasteiger partial charge on any atom is 0.124 e. The number of methoxy groups -OCH3 is 1. The van der Waals surface area contributed by atoms with Crippen LogP contribution < -0.4 is 10.1 Å². The summed E-state index contributed by atoms with van der Waals surface area (Å²) in [7, 11) is 1.70. The molecule has 3 heteroatoms. The molecular formula is C20H27NO2. The fourth-order valence-corrected chi connectivity index (χ4v) is 3.42.